The van der Waals surface area contributed by atoms with Gasteiger partial charge in [0.25, 0.3) is 5.91 Å². The highest BCUT2D eigenvalue weighted by molar-refractivity contribution is 7.98. The van der Waals surface area contributed by atoms with E-state index in [1.54, 1.807) is 18.3 Å². The Hall–Kier alpha value is -3.04. The third-order valence-corrected chi connectivity index (χ3v) is 6.31. The van der Waals surface area contributed by atoms with E-state index in [1.807, 2.05) is 44.2 Å². The summed E-state index contributed by atoms with van der Waals surface area (Å²) < 4.78 is 5.21. The van der Waals surface area contributed by atoms with Gasteiger partial charge in [-0.15, -0.1) is 22.0 Å². The topological polar surface area (TPSA) is 93.8 Å². The van der Waals surface area contributed by atoms with Crippen LogP contribution in [0.3, 0.4) is 0 Å². The molecule has 9 heteroatoms. The molecule has 0 bridgehead atoms. The highest BCUT2D eigenvalue weighted by Gasteiger charge is 2.17. The van der Waals surface area contributed by atoms with Crippen LogP contribution in [0.25, 0.3) is 0 Å². The zero-order valence-corrected chi connectivity index (χ0v) is 18.1. The zero-order chi connectivity index (χ0) is 20.9. The number of rotatable bonds is 7. The van der Waals surface area contributed by atoms with Crippen molar-refractivity contribution in [2.24, 2.45) is 0 Å². The van der Waals surface area contributed by atoms with Crippen molar-refractivity contribution in [1.82, 2.24) is 20.3 Å². The molecule has 0 unspecified atom stereocenters. The van der Waals surface area contributed by atoms with Gasteiger partial charge in [-0.3, -0.25) is 10.1 Å². The smallest absolute Gasteiger partial charge is 0.260 e. The summed E-state index contributed by atoms with van der Waals surface area (Å²) in [6.45, 7) is 3.78. The van der Waals surface area contributed by atoms with E-state index in [-0.39, 0.29) is 5.91 Å². The molecule has 7 nitrogen and oxygen atoms in total. The fourth-order valence-corrected chi connectivity index (χ4v) is 4.75. The van der Waals surface area contributed by atoms with Gasteiger partial charge in [0.2, 0.25) is 5.13 Å². The van der Waals surface area contributed by atoms with Crippen molar-refractivity contribution >= 4 is 34.1 Å². The molecule has 3 aromatic heterocycles. The van der Waals surface area contributed by atoms with Crippen LogP contribution in [0.2, 0.25) is 0 Å². The van der Waals surface area contributed by atoms with Crippen LogP contribution in [-0.2, 0) is 12.2 Å². The number of nitrogens with one attached hydrogen (secondary N) is 1. The molecule has 3 heterocycles. The van der Waals surface area contributed by atoms with Crippen molar-refractivity contribution in [3.8, 4) is 0 Å². The second kappa shape index (κ2) is 9.19. The first kappa shape index (κ1) is 20.2. The summed E-state index contributed by atoms with van der Waals surface area (Å²) in [5.41, 5.74) is 3.51. The normalized spacial score (nSPS) is 10.9. The summed E-state index contributed by atoms with van der Waals surface area (Å²) in [4.78, 5) is 17.2. The van der Waals surface area contributed by atoms with Crippen LogP contribution in [0.5, 0.6) is 0 Å². The zero-order valence-electron chi connectivity index (χ0n) is 16.5. The number of aromatic nitrogens is 4. The van der Waals surface area contributed by atoms with Crippen LogP contribution in [0.1, 0.15) is 37.9 Å². The summed E-state index contributed by atoms with van der Waals surface area (Å²) in [6, 6.07) is 13.5. The van der Waals surface area contributed by atoms with Crippen LogP contribution < -0.4 is 5.32 Å². The van der Waals surface area contributed by atoms with Crippen LogP contribution in [-0.4, -0.2) is 26.2 Å². The van der Waals surface area contributed by atoms with E-state index >= 15 is 0 Å². The summed E-state index contributed by atoms with van der Waals surface area (Å²) in [6.07, 6.45) is 2.36. The molecule has 0 saturated heterocycles. The molecule has 0 spiro atoms. The van der Waals surface area contributed by atoms with Crippen molar-refractivity contribution in [1.29, 1.82) is 0 Å². The minimum atomic E-state index is -0.258. The summed E-state index contributed by atoms with van der Waals surface area (Å²) in [5.74, 6) is 1.15. The van der Waals surface area contributed by atoms with E-state index in [1.165, 1.54) is 23.1 Å². The van der Waals surface area contributed by atoms with Crippen LogP contribution in [0, 0.1) is 13.8 Å². The van der Waals surface area contributed by atoms with E-state index in [2.05, 4.69) is 25.7 Å². The Balaban J connectivity index is 1.44. The van der Waals surface area contributed by atoms with Gasteiger partial charge in [-0.25, -0.2) is 4.98 Å². The Morgan fingerprint density at radius 3 is 2.73 bits per heavy atom. The molecule has 1 N–H and O–H groups in total. The Bertz CT molecular complexity index is 1140. The number of pyridine rings is 1. The predicted molar refractivity (Wildman–Crippen MR) is 117 cm³/mol. The standard InChI is InChI=1S/C21H19N5O2S2/c1-13-17(14(2)28-26-13)12-29-20-16(9-6-10-22-20)19(27)23-21-25-24-18(30-21)11-15-7-4-3-5-8-15/h3-10H,11-12H2,1-2H3,(H,23,25,27). The van der Waals surface area contributed by atoms with E-state index in [9.17, 15) is 4.79 Å². The highest BCUT2D eigenvalue weighted by atomic mass is 32.2. The lowest BCUT2D eigenvalue weighted by Gasteiger charge is -2.07. The lowest BCUT2D eigenvalue weighted by molar-refractivity contribution is 0.102. The van der Waals surface area contributed by atoms with Crippen LogP contribution in [0.15, 0.2) is 58.2 Å². The quantitative estimate of drug-likeness (QED) is 0.420. The number of benzene rings is 1. The molecule has 0 aliphatic carbocycles. The molecule has 0 saturated carbocycles. The van der Waals surface area contributed by atoms with Gasteiger partial charge >= 0.3 is 0 Å². The van der Waals surface area contributed by atoms with Crippen molar-refractivity contribution in [2.75, 3.05) is 5.32 Å². The maximum Gasteiger partial charge on any atom is 0.260 e. The summed E-state index contributed by atoms with van der Waals surface area (Å²) in [5, 5.41) is 17.1. The first-order valence-corrected chi connectivity index (χ1v) is 11.1. The number of hydrogen-bond acceptors (Lipinski definition) is 8. The van der Waals surface area contributed by atoms with Gasteiger partial charge < -0.3 is 4.52 Å². The number of amides is 1. The molecule has 30 heavy (non-hydrogen) atoms. The molecule has 0 atom stereocenters. The minimum Gasteiger partial charge on any atom is -0.361 e. The number of thioether (sulfide) groups is 1. The number of hydrogen-bond donors (Lipinski definition) is 1. The molecule has 0 fully saturated rings. The first-order valence-electron chi connectivity index (χ1n) is 9.27. The van der Waals surface area contributed by atoms with Gasteiger partial charge in [-0.05, 0) is 31.5 Å². The van der Waals surface area contributed by atoms with Gasteiger partial charge in [0.15, 0.2) is 0 Å². The number of carbonyl (C=O) groups is 1. The van der Waals surface area contributed by atoms with Crippen molar-refractivity contribution < 1.29 is 9.32 Å². The third-order valence-electron chi connectivity index (χ3n) is 4.44. The number of carbonyl (C=O) groups excluding carboxylic acids is 1. The molecular formula is C21H19N5O2S2. The van der Waals surface area contributed by atoms with E-state index in [4.69, 9.17) is 4.52 Å². The fourth-order valence-electron chi connectivity index (χ4n) is 2.84. The maximum absolute atomic E-state index is 12.8. The molecule has 0 aliphatic rings. The molecule has 4 rings (SSSR count). The van der Waals surface area contributed by atoms with Gasteiger partial charge in [-0.1, -0.05) is 46.8 Å². The van der Waals surface area contributed by atoms with Gasteiger partial charge in [0, 0.05) is 23.9 Å². The number of anilines is 1. The van der Waals surface area contributed by atoms with E-state index in [0.29, 0.717) is 27.9 Å². The summed E-state index contributed by atoms with van der Waals surface area (Å²) >= 11 is 2.84. The van der Waals surface area contributed by atoms with Crippen LogP contribution >= 0.6 is 23.1 Å². The average Bonchev–Trinajstić information content (AvgIpc) is 3.33. The lowest BCUT2D eigenvalue weighted by atomic mass is 10.2. The average molecular weight is 438 g/mol. The van der Waals surface area contributed by atoms with E-state index < -0.39 is 0 Å². The SMILES string of the molecule is Cc1noc(C)c1CSc1ncccc1C(=O)Nc1nnc(Cc2ccccc2)s1. The molecule has 1 aromatic carbocycles. The van der Waals surface area contributed by atoms with E-state index in [0.717, 1.165) is 27.6 Å². The monoisotopic (exact) mass is 437 g/mol. The maximum atomic E-state index is 12.8. The van der Waals surface area contributed by atoms with Crippen molar-refractivity contribution in [3.05, 3.63) is 81.8 Å². The molecule has 0 radical (unpaired) electrons. The number of aryl methyl sites for hydroxylation is 2. The largest absolute Gasteiger partial charge is 0.361 e. The third kappa shape index (κ3) is 4.74. The van der Waals surface area contributed by atoms with Crippen molar-refractivity contribution in [2.45, 2.75) is 31.0 Å². The number of nitrogens with zero attached hydrogens (tertiary/aromatic N) is 4. The Morgan fingerprint density at radius 1 is 1.13 bits per heavy atom. The lowest BCUT2D eigenvalue weighted by Crippen LogP contribution is -2.13. The Morgan fingerprint density at radius 2 is 1.97 bits per heavy atom. The highest BCUT2D eigenvalue weighted by Crippen LogP contribution is 2.28. The van der Waals surface area contributed by atoms with Crippen LogP contribution in [0.4, 0.5) is 5.13 Å². The summed E-state index contributed by atoms with van der Waals surface area (Å²) in [7, 11) is 0. The van der Waals surface area contributed by atoms with Crippen molar-refractivity contribution in [3.63, 3.8) is 0 Å². The second-order valence-corrected chi connectivity index (χ2v) is 8.59. The minimum absolute atomic E-state index is 0.258. The molecule has 0 aliphatic heterocycles. The molecule has 1 amide bonds. The Kier molecular flexibility index (Phi) is 6.20. The second-order valence-electron chi connectivity index (χ2n) is 6.56. The first-order chi connectivity index (χ1) is 14.6. The van der Waals surface area contributed by atoms with Gasteiger partial charge in [0.05, 0.1) is 11.3 Å². The van der Waals surface area contributed by atoms with Gasteiger partial charge in [0.1, 0.15) is 15.8 Å². The van der Waals surface area contributed by atoms with Gasteiger partial charge in [-0.2, -0.15) is 0 Å². The molecular weight excluding hydrogens is 418 g/mol. The Labute approximate surface area is 181 Å². The molecule has 4 aromatic rings. The fraction of sp³-hybridized carbons (Fsp3) is 0.190. The molecule has 152 valence electrons. The predicted octanol–water partition coefficient (Wildman–Crippen LogP) is 4.67.